The summed E-state index contributed by atoms with van der Waals surface area (Å²) in [6, 6.07) is 3.11. The zero-order valence-electron chi connectivity index (χ0n) is 6.77. The maximum absolute atomic E-state index is 10.7. The van der Waals surface area contributed by atoms with Gasteiger partial charge in [-0.1, -0.05) is 23.2 Å². The maximum Gasteiger partial charge on any atom is 0.338 e. The van der Waals surface area contributed by atoms with Crippen LogP contribution in [0.5, 0.6) is 0 Å². The topological polar surface area (TPSA) is 49.3 Å². The van der Waals surface area contributed by atoms with Crippen LogP contribution in [0.3, 0.4) is 0 Å². The fourth-order valence-corrected chi connectivity index (χ4v) is 1.57. The van der Waals surface area contributed by atoms with Crippen molar-refractivity contribution in [2.75, 3.05) is 12.4 Å². The van der Waals surface area contributed by atoms with E-state index in [1.165, 1.54) is 6.07 Å². The molecule has 0 saturated carbocycles. The summed E-state index contributed by atoms with van der Waals surface area (Å²) in [5.74, 6) is -1.13. The third-order valence-electron chi connectivity index (χ3n) is 1.57. The van der Waals surface area contributed by atoms with E-state index in [-0.39, 0.29) is 15.6 Å². The molecule has 0 aliphatic rings. The van der Waals surface area contributed by atoms with E-state index >= 15 is 0 Å². The van der Waals surface area contributed by atoms with Crippen molar-refractivity contribution in [2.24, 2.45) is 0 Å². The summed E-state index contributed by atoms with van der Waals surface area (Å²) >= 11 is 11.4. The van der Waals surface area contributed by atoms with Crippen LogP contribution in [0.15, 0.2) is 12.1 Å². The first-order valence-corrected chi connectivity index (χ1v) is 4.22. The van der Waals surface area contributed by atoms with Gasteiger partial charge in [0.2, 0.25) is 0 Å². The second kappa shape index (κ2) is 3.85. The Kier molecular flexibility index (Phi) is 3.01. The number of benzene rings is 1. The summed E-state index contributed by atoms with van der Waals surface area (Å²) in [6.07, 6.45) is 0. The van der Waals surface area contributed by atoms with Crippen molar-refractivity contribution in [3.05, 3.63) is 27.7 Å². The fourth-order valence-electron chi connectivity index (χ4n) is 0.942. The van der Waals surface area contributed by atoms with Crippen LogP contribution in [-0.4, -0.2) is 18.1 Å². The number of anilines is 1. The molecule has 13 heavy (non-hydrogen) atoms. The zero-order valence-corrected chi connectivity index (χ0v) is 8.28. The summed E-state index contributed by atoms with van der Waals surface area (Å²) in [5.41, 5.74) is 0.471. The summed E-state index contributed by atoms with van der Waals surface area (Å²) in [4.78, 5) is 10.7. The second-order valence-electron chi connectivity index (χ2n) is 2.34. The van der Waals surface area contributed by atoms with Crippen molar-refractivity contribution in [3.63, 3.8) is 0 Å². The first-order chi connectivity index (χ1) is 6.07. The van der Waals surface area contributed by atoms with Crippen LogP contribution in [-0.2, 0) is 0 Å². The van der Waals surface area contributed by atoms with E-state index < -0.39 is 5.97 Å². The van der Waals surface area contributed by atoms with Crippen molar-refractivity contribution in [3.8, 4) is 0 Å². The van der Waals surface area contributed by atoms with Crippen molar-refractivity contribution in [1.29, 1.82) is 0 Å². The number of carboxylic acids is 1. The molecule has 1 aromatic carbocycles. The average Bonchev–Trinajstić information content (AvgIpc) is 2.04. The number of carboxylic acid groups (broad SMARTS) is 1. The number of nitrogens with one attached hydrogen (secondary N) is 1. The highest BCUT2D eigenvalue weighted by Gasteiger charge is 2.15. The molecule has 3 nitrogen and oxygen atoms in total. The molecule has 0 atom stereocenters. The van der Waals surface area contributed by atoms with Gasteiger partial charge in [0.15, 0.2) is 0 Å². The SMILES string of the molecule is CNc1ccc(Cl)c(C(=O)O)c1Cl. The van der Waals surface area contributed by atoms with Crippen LogP contribution in [0.2, 0.25) is 10.0 Å². The van der Waals surface area contributed by atoms with Gasteiger partial charge in [0, 0.05) is 7.05 Å². The summed E-state index contributed by atoms with van der Waals surface area (Å²) in [7, 11) is 1.65. The predicted molar refractivity (Wildman–Crippen MR) is 53.0 cm³/mol. The van der Waals surface area contributed by atoms with E-state index in [9.17, 15) is 4.79 Å². The Hall–Kier alpha value is -0.930. The summed E-state index contributed by atoms with van der Waals surface area (Å²) < 4.78 is 0. The fraction of sp³-hybridized carbons (Fsp3) is 0.125. The van der Waals surface area contributed by atoms with Gasteiger partial charge in [-0.2, -0.15) is 0 Å². The van der Waals surface area contributed by atoms with Crippen LogP contribution >= 0.6 is 23.2 Å². The van der Waals surface area contributed by atoms with Gasteiger partial charge in [-0.25, -0.2) is 4.79 Å². The van der Waals surface area contributed by atoms with Gasteiger partial charge < -0.3 is 10.4 Å². The van der Waals surface area contributed by atoms with Gasteiger partial charge in [0.05, 0.1) is 21.3 Å². The largest absolute Gasteiger partial charge is 0.478 e. The molecule has 1 aromatic rings. The molecule has 0 aromatic heterocycles. The Bertz CT molecular complexity index is 352. The highest BCUT2D eigenvalue weighted by atomic mass is 35.5. The quantitative estimate of drug-likeness (QED) is 0.805. The molecule has 0 radical (unpaired) electrons. The molecular weight excluding hydrogens is 213 g/mol. The number of hydrogen-bond donors (Lipinski definition) is 2. The van der Waals surface area contributed by atoms with Gasteiger partial charge in [-0.05, 0) is 12.1 Å². The third kappa shape index (κ3) is 1.87. The molecule has 0 heterocycles. The Morgan fingerprint density at radius 3 is 2.54 bits per heavy atom. The molecule has 0 fully saturated rings. The van der Waals surface area contributed by atoms with Gasteiger partial charge in [-0.3, -0.25) is 0 Å². The van der Waals surface area contributed by atoms with Crippen LogP contribution in [0.1, 0.15) is 10.4 Å². The predicted octanol–water partition coefficient (Wildman–Crippen LogP) is 2.73. The minimum atomic E-state index is -1.13. The lowest BCUT2D eigenvalue weighted by Gasteiger charge is -2.07. The summed E-state index contributed by atoms with van der Waals surface area (Å²) in [5, 5.41) is 11.8. The molecule has 0 amide bonds. The minimum Gasteiger partial charge on any atom is -0.478 e. The molecule has 70 valence electrons. The lowest BCUT2D eigenvalue weighted by atomic mass is 10.2. The van der Waals surface area contributed by atoms with Crippen LogP contribution < -0.4 is 5.32 Å². The second-order valence-corrected chi connectivity index (χ2v) is 3.12. The summed E-state index contributed by atoms with van der Waals surface area (Å²) in [6.45, 7) is 0. The van der Waals surface area contributed by atoms with Crippen molar-refractivity contribution in [2.45, 2.75) is 0 Å². The van der Waals surface area contributed by atoms with E-state index in [1.54, 1.807) is 13.1 Å². The molecule has 0 aliphatic heterocycles. The number of hydrogen-bond acceptors (Lipinski definition) is 2. The molecule has 0 aliphatic carbocycles. The van der Waals surface area contributed by atoms with E-state index in [4.69, 9.17) is 28.3 Å². The number of rotatable bonds is 2. The van der Waals surface area contributed by atoms with E-state index in [2.05, 4.69) is 5.32 Å². The molecule has 2 N–H and O–H groups in total. The highest BCUT2D eigenvalue weighted by Crippen LogP contribution is 2.31. The van der Waals surface area contributed by atoms with Gasteiger partial charge in [-0.15, -0.1) is 0 Å². The van der Waals surface area contributed by atoms with Gasteiger partial charge in [0.1, 0.15) is 0 Å². The standard InChI is InChI=1S/C8H7Cl2NO2/c1-11-5-3-2-4(9)6(7(5)10)8(12)13/h2-3,11H,1H3,(H,12,13). The van der Waals surface area contributed by atoms with E-state index in [0.717, 1.165) is 0 Å². The molecule has 0 saturated heterocycles. The molecule has 5 heteroatoms. The average molecular weight is 220 g/mol. The maximum atomic E-state index is 10.7. The minimum absolute atomic E-state index is 0.0739. The Balaban J connectivity index is 3.38. The smallest absolute Gasteiger partial charge is 0.338 e. The van der Waals surface area contributed by atoms with Crippen LogP contribution in [0.4, 0.5) is 5.69 Å². The number of halogens is 2. The Labute approximate surface area is 85.3 Å². The normalized spacial score (nSPS) is 9.77. The Morgan fingerprint density at radius 2 is 2.08 bits per heavy atom. The first kappa shape index (κ1) is 10.2. The highest BCUT2D eigenvalue weighted by molar-refractivity contribution is 6.40. The van der Waals surface area contributed by atoms with E-state index in [0.29, 0.717) is 5.69 Å². The van der Waals surface area contributed by atoms with Crippen LogP contribution in [0.25, 0.3) is 0 Å². The van der Waals surface area contributed by atoms with Crippen molar-refractivity contribution >= 4 is 34.9 Å². The van der Waals surface area contributed by atoms with Gasteiger partial charge in [0.25, 0.3) is 0 Å². The van der Waals surface area contributed by atoms with Crippen molar-refractivity contribution < 1.29 is 9.90 Å². The number of aromatic carboxylic acids is 1. The van der Waals surface area contributed by atoms with E-state index in [1.807, 2.05) is 0 Å². The molecule has 1 rings (SSSR count). The molecule has 0 bridgehead atoms. The molecule has 0 unspecified atom stereocenters. The van der Waals surface area contributed by atoms with Gasteiger partial charge >= 0.3 is 5.97 Å². The van der Waals surface area contributed by atoms with Crippen molar-refractivity contribution in [1.82, 2.24) is 0 Å². The Morgan fingerprint density at radius 1 is 1.46 bits per heavy atom. The molecular formula is C8H7Cl2NO2. The third-order valence-corrected chi connectivity index (χ3v) is 2.28. The first-order valence-electron chi connectivity index (χ1n) is 3.47. The lowest BCUT2D eigenvalue weighted by Crippen LogP contribution is -2.01. The van der Waals surface area contributed by atoms with Crippen LogP contribution in [0, 0.1) is 0 Å². The lowest BCUT2D eigenvalue weighted by molar-refractivity contribution is 0.0697. The number of carbonyl (C=O) groups is 1. The zero-order chi connectivity index (χ0) is 10.0. The monoisotopic (exact) mass is 219 g/mol. The molecule has 0 spiro atoms.